The van der Waals surface area contributed by atoms with E-state index in [1.807, 2.05) is 55.5 Å². The highest BCUT2D eigenvalue weighted by Crippen LogP contribution is 2.40. The van der Waals surface area contributed by atoms with E-state index in [0.29, 0.717) is 18.4 Å². The van der Waals surface area contributed by atoms with Crippen molar-refractivity contribution in [1.82, 2.24) is 4.90 Å². The topological polar surface area (TPSA) is 57.6 Å². The number of carbonyl (C=O) groups is 2. The third kappa shape index (κ3) is 2.95. The normalized spacial score (nSPS) is 17.3. The number of nitrogens with zero attached hydrogens (tertiary/aromatic N) is 1. The summed E-state index contributed by atoms with van der Waals surface area (Å²) in [5, 5.41) is 10.3. The molecule has 0 bridgehead atoms. The molecule has 0 aromatic heterocycles. The summed E-state index contributed by atoms with van der Waals surface area (Å²) >= 11 is 0. The molecule has 0 heterocycles. The number of rotatable bonds is 4. The summed E-state index contributed by atoms with van der Waals surface area (Å²) in [6.07, 6.45) is 5.29. The molecule has 2 aliphatic carbocycles. The molecule has 1 N–H and O–H groups in total. The van der Waals surface area contributed by atoms with E-state index in [-0.39, 0.29) is 5.91 Å². The van der Waals surface area contributed by atoms with Crippen LogP contribution in [0.15, 0.2) is 60.3 Å². The van der Waals surface area contributed by atoms with Crippen LogP contribution in [0.25, 0.3) is 0 Å². The Kier molecular flexibility index (Phi) is 4.34. The lowest BCUT2D eigenvalue weighted by Gasteiger charge is -2.39. The number of aliphatic carboxylic acids is 1. The number of carboxylic acids is 1. The lowest BCUT2D eigenvalue weighted by molar-refractivity contribution is -0.148. The minimum Gasteiger partial charge on any atom is -0.479 e. The van der Waals surface area contributed by atoms with Crippen molar-refractivity contribution in [3.05, 3.63) is 82.6 Å². The maximum atomic E-state index is 13.6. The smallest absolute Gasteiger partial charge is 0.330 e. The number of hydrogen-bond donors (Lipinski definition) is 1. The molecule has 2 aromatic carbocycles. The van der Waals surface area contributed by atoms with Crippen molar-refractivity contribution in [2.24, 2.45) is 0 Å². The summed E-state index contributed by atoms with van der Waals surface area (Å²) < 4.78 is 0. The lowest BCUT2D eigenvalue weighted by Crippen LogP contribution is -2.57. The molecule has 27 heavy (non-hydrogen) atoms. The van der Waals surface area contributed by atoms with Crippen molar-refractivity contribution >= 4 is 11.9 Å². The van der Waals surface area contributed by atoms with Crippen molar-refractivity contribution in [3.63, 3.8) is 0 Å². The van der Waals surface area contributed by atoms with Gasteiger partial charge in [0.25, 0.3) is 5.91 Å². The van der Waals surface area contributed by atoms with Gasteiger partial charge in [0, 0.05) is 24.1 Å². The summed E-state index contributed by atoms with van der Waals surface area (Å²) in [7, 11) is 0. The maximum Gasteiger partial charge on any atom is 0.330 e. The van der Waals surface area contributed by atoms with Gasteiger partial charge in [0.1, 0.15) is 0 Å². The van der Waals surface area contributed by atoms with E-state index in [2.05, 4.69) is 0 Å². The molecule has 0 unspecified atom stereocenters. The van der Waals surface area contributed by atoms with Gasteiger partial charge in [-0.25, -0.2) is 4.79 Å². The van der Waals surface area contributed by atoms with Crippen molar-refractivity contribution < 1.29 is 14.7 Å². The first-order chi connectivity index (χ1) is 13.0. The zero-order valence-electron chi connectivity index (χ0n) is 15.4. The Morgan fingerprint density at radius 3 is 2.30 bits per heavy atom. The average Bonchev–Trinajstić information content (AvgIpc) is 3.30. The van der Waals surface area contributed by atoms with Crippen LogP contribution in [0.3, 0.4) is 0 Å². The first-order valence-electron chi connectivity index (χ1n) is 9.42. The molecule has 0 spiro atoms. The molecule has 4 heteroatoms. The average molecular weight is 361 g/mol. The van der Waals surface area contributed by atoms with Crippen LogP contribution in [0, 0.1) is 6.92 Å². The molecule has 4 nitrogen and oxygen atoms in total. The van der Waals surface area contributed by atoms with Gasteiger partial charge in [-0.05, 0) is 49.4 Å². The van der Waals surface area contributed by atoms with Crippen LogP contribution < -0.4 is 0 Å². The van der Waals surface area contributed by atoms with Gasteiger partial charge in [0.05, 0.1) is 0 Å². The number of allylic oxidation sites excluding steroid dienone is 2. The summed E-state index contributed by atoms with van der Waals surface area (Å²) in [5.74, 6) is -1.16. The van der Waals surface area contributed by atoms with Crippen LogP contribution in [0.4, 0.5) is 0 Å². The van der Waals surface area contributed by atoms with E-state index < -0.39 is 11.5 Å². The highest BCUT2D eigenvalue weighted by Gasteiger charge is 2.52. The van der Waals surface area contributed by atoms with E-state index >= 15 is 0 Å². The Bertz CT molecular complexity index is 919. The molecule has 138 valence electrons. The van der Waals surface area contributed by atoms with Gasteiger partial charge in [-0.1, -0.05) is 48.0 Å². The predicted octanol–water partition coefficient (Wildman–Crippen LogP) is 4.13. The van der Waals surface area contributed by atoms with Gasteiger partial charge in [0.15, 0.2) is 5.54 Å². The highest BCUT2D eigenvalue weighted by atomic mass is 16.4. The Hall–Kier alpha value is -2.88. The Balaban J connectivity index is 1.83. The van der Waals surface area contributed by atoms with Crippen LogP contribution >= 0.6 is 0 Å². The van der Waals surface area contributed by atoms with Crippen molar-refractivity contribution in [3.8, 4) is 0 Å². The molecular weight excluding hydrogens is 338 g/mol. The summed E-state index contributed by atoms with van der Waals surface area (Å²) in [6.45, 7) is 1.94. The fourth-order valence-corrected chi connectivity index (χ4v) is 4.36. The van der Waals surface area contributed by atoms with E-state index in [4.69, 9.17) is 0 Å². The number of aryl methyl sites for hydroxylation is 1. The van der Waals surface area contributed by atoms with Gasteiger partial charge in [0.2, 0.25) is 0 Å². The summed E-state index contributed by atoms with van der Waals surface area (Å²) in [6, 6.07) is 15.2. The number of hydrogen-bond acceptors (Lipinski definition) is 2. The van der Waals surface area contributed by atoms with Gasteiger partial charge in [-0.15, -0.1) is 0 Å². The summed E-state index contributed by atoms with van der Waals surface area (Å²) in [5.41, 5.74) is 3.14. The van der Waals surface area contributed by atoms with E-state index in [1.54, 1.807) is 11.0 Å². The number of amides is 1. The molecule has 0 atom stereocenters. The molecular formula is C23H23NO3. The van der Waals surface area contributed by atoms with E-state index in [9.17, 15) is 14.7 Å². The Labute approximate surface area is 159 Å². The molecule has 0 aliphatic heterocycles. The fraction of sp³-hybridized carbons (Fsp3) is 0.304. The largest absolute Gasteiger partial charge is 0.479 e. The quantitative estimate of drug-likeness (QED) is 0.891. The van der Waals surface area contributed by atoms with Crippen molar-refractivity contribution in [2.75, 3.05) is 0 Å². The molecule has 4 rings (SSSR count). The van der Waals surface area contributed by atoms with Gasteiger partial charge < -0.3 is 5.11 Å². The zero-order chi connectivity index (χ0) is 19.0. The van der Waals surface area contributed by atoms with Gasteiger partial charge >= 0.3 is 5.97 Å². The third-order valence-electron chi connectivity index (χ3n) is 5.68. The number of carboxylic acid groups (broad SMARTS) is 1. The van der Waals surface area contributed by atoms with Crippen molar-refractivity contribution in [1.29, 1.82) is 0 Å². The number of carbonyl (C=O) groups excluding carboxylic acids is 1. The van der Waals surface area contributed by atoms with Crippen molar-refractivity contribution in [2.45, 2.75) is 44.6 Å². The molecule has 2 aliphatic rings. The third-order valence-corrected chi connectivity index (χ3v) is 5.68. The maximum absolute atomic E-state index is 13.6. The second-order valence-corrected chi connectivity index (χ2v) is 7.56. The minimum absolute atomic E-state index is 0.220. The summed E-state index contributed by atoms with van der Waals surface area (Å²) in [4.78, 5) is 27.7. The Morgan fingerprint density at radius 2 is 1.74 bits per heavy atom. The fourth-order valence-electron chi connectivity index (χ4n) is 4.36. The number of benzene rings is 2. The van der Waals surface area contributed by atoms with E-state index in [1.165, 1.54) is 0 Å². The second-order valence-electron chi connectivity index (χ2n) is 7.56. The van der Waals surface area contributed by atoms with Crippen LogP contribution in [0.1, 0.15) is 46.3 Å². The SMILES string of the molecule is Cc1cccc(C(=O)N(C2=CCCC2)C2(C(=O)O)Cc3ccccc3C2)c1. The molecule has 0 saturated carbocycles. The zero-order valence-corrected chi connectivity index (χ0v) is 15.4. The molecule has 0 fully saturated rings. The number of fused-ring (bicyclic) bond motifs is 1. The highest BCUT2D eigenvalue weighted by molar-refractivity contribution is 6.00. The standard InChI is InChI=1S/C23H23NO3/c1-16-7-6-10-17(13-16)21(25)24(20-11-4-5-12-20)23(22(26)27)14-18-8-2-3-9-19(18)15-23/h2-3,6-11,13H,4-5,12,14-15H2,1H3,(H,26,27). The minimum atomic E-state index is -1.26. The second kappa shape index (κ2) is 6.69. The Morgan fingerprint density at radius 1 is 1.04 bits per heavy atom. The first-order valence-corrected chi connectivity index (χ1v) is 9.42. The molecule has 0 radical (unpaired) electrons. The van der Waals surface area contributed by atoms with Crippen LogP contribution in [0.5, 0.6) is 0 Å². The molecule has 0 saturated heterocycles. The van der Waals surface area contributed by atoms with E-state index in [0.717, 1.165) is 41.6 Å². The van der Waals surface area contributed by atoms with Crippen LogP contribution in [-0.4, -0.2) is 27.4 Å². The monoisotopic (exact) mass is 361 g/mol. The van der Waals surface area contributed by atoms with Crippen LogP contribution in [0.2, 0.25) is 0 Å². The lowest BCUT2D eigenvalue weighted by atomic mass is 9.91. The van der Waals surface area contributed by atoms with Gasteiger partial charge in [-0.2, -0.15) is 0 Å². The van der Waals surface area contributed by atoms with Gasteiger partial charge in [-0.3, -0.25) is 9.69 Å². The molecule has 2 aromatic rings. The predicted molar refractivity (Wildman–Crippen MR) is 103 cm³/mol. The van der Waals surface area contributed by atoms with Crippen LogP contribution in [-0.2, 0) is 17.6 Å². The molecule has 1 amide bonds. The first kappa shape index (κ1) is 17.5.